The van der Waals surface area contributed by atoms with Gasteiger partial charge in [0.25, 0.3) is 0 Å². The summed E-state index contributed by atoms with van der Waals surface area (Å²) in [7, 11) is 1.86. The maximum Gasteiger partial charge on any atom is 0.193 e. The molecule has 0 saturated carbocycles. The zero-order chi connectivity index (χ0) is 15.1. The molecule has 2 unspecified atom stereocenters. The first-order valence-corrected chi connectivity index (χ1v) is 7.91. The number of rotatable bonds is 4. The van der Waals surface area contributed by atoms with Crippen molar-refractivity contribution in [1.29, 1.82) is 0 Å². The minimum Gasteiger partial charge on any atom is -0.353 e. The van der Waals surface area contributed by atoms with Crippen LogP contribution in [0.5, 0.6) is 0 Å². The zero-order valence-electron chi connectivity index (χ0n) is 13.3. The van der Waals surface area contributed by atoms with Crippen LogP contribution in [0, 0.1) is 5.92 Å². The SMILES string of the molecule is C=CCNC(=NC)N1CCC(c2ccccc2)C(CC)C1. The molecule has 2 atom stereocenters. The third-order valence-corrected chi connectivity index (χ3v) is 4.40. The fourth-order valence-electron chi connectivity index (χ4n) is 3.27. The van der Waals surface area contributed by atoms with E-state index < -0.39 is 0 Å². The lowest BCUT2D eigenvalue weighted by Gasteiger charge is -2.40. The van der Waals surface area contributed by atoms with Gasteiger partial charge in [0, 0.05) is 26.7 Å². The van der Waals surface area contributed by atoms with E-state index in [1.807, 2.05) is 13.1 Å². The molecule has 0 aliphatic carbocycles. The van der Waals surface area contributed by atoms with Gasteiger partial charge in [0.1, 0.15) is 0 Å². The molecule has 1 N–H and O–H groups in total. The van der Waals surface area contributed by atoms with Gasteiger partial charge in [-0.15, -0.1) is 6.58 Å². The van der Waals surface area contributed by atoms with Gasteiger partial charge in [-0.1, -0.05) is 49.8 Å². The van der Waals surface area contributed by atoms with Crippen LogP contribution in [0.2, 0.25) is 0 Å². The van der Waals surface area contributed by atoms with Crippen LogP contribution >= 0.6 is 0 Å². The van der Waals surface area contributed by atoms with Gasteiger partial charge in [0.2, 0.25) is 0 Å². The third kappa shape index (κ3) is 3.87. The first-order valence-electron chi connectivity index (χ1n) is 7.91. The summed E-state index contributed by atoms with van der Waals surface area (Å²) in [6.45, 7) is 8.96. The van der Waals surface area contributed by atoms with E-state index in [4.69, 9.17) is 0 Å². The highest BCUT2D eigenvalue weighted by atomic mass is 15.3. The van der Waals surface area contributed by atoms with Gasteiger partial charge < -0.3 is 10.2 Å². The van der Waals surface area contributed by atoms with Crippen molar-refractivity contribution in [3.8, 4) is 0 Å². The van der Waals surface area contributed by atoms with Crippen LogP contribution in [0.4, 0.5) is 0 Å². The smallest absolute Gasteiger partial charge is 0.193 e. The predicted octanol–water partition coefficient (Wildman–Crippen LogP) is 3.26. The van der Waals surface area contributed by atoms with Gasteiger partial charge in [-0.05, 0) is 23.8 Å². The van der Waals surface area contributed by atoms with E-state index in [1.54, 1.807) is 0 Å². The van der Waals surface area contributed by atoms with Crippen molar-refractivity contribution in [2.45, 2.75) is 25.7 Å². The lowest BCUT2D eigenvalue weighted by molar-refractivity contribution is 0.216. The normalized spacial score (nSPS) is 23.0. The van der Waals surface area contributed by atoms with Crippen LogP contribution in [-0.2, 0) is 0 Å². The highest BCUT2D eigenvalue weighted by Crippen LogP contribution is 2.34. The molecule has 3 heteroatoms. The molecule has 1 aromatic carbocycles. The number of aliphatic imine (C=N–C) groups is 1. The molecule has 3 nitrogen and oxygen atoms in total. The molecule has 1 heterocycles. The Morgan fingerprint density at radius 3 is 2.81 bits per heavy atom. The molecular weight excluding hydrogens is 258 g/mol. The van der Waals surface area contributed by atoms with Crippen LogP contribution in [0.15, 0.2) is 48.0 Å². The summed E-state index contributed by atoms with van der Waals surface area (Å²) in [6, 6.07) is 10.9. The Bertz CT molecular complexity index is 467. The van der Waals surface area contributed by atoms with Crippen LogP contribution in [0.3, 0.4) is 0 Å². The summed E-state index contributed by atoms with van der Waals surface area (Å²) >= 11 is 0. The van der Waals surface area contributed by atoms with Crippen LogP contribution in [0.25, 0.3) is 0 Å². The molecule has 0 bridgehead atoms. The van der Waals surface area contributed by atoms with Crippen molar-refractivity contribution in [3.05, 3.63) is 48.6 Å². The Morgan fingerprint density at radius 2 is 2.19 bits per heavy atom. The second kappa shape index (κ2) is 7.87. The number of piperidine rings is 1. The van der Waals surface area contributed by atoms with Gasteiger partial charge in [0.15, 0.2) is 5.96 Å². The van der Waals surface area contributed by atoms with Crippen molar-refractivity contribution >= 4 is 5.96 Å². The van der Waals surface area contributed by atoms with E-state index in [0.717, 1.165) is 25.6 Å². The molecule has 1 saturated heterocycles. The van der Waals surface area contributed by atoms with E-state index in [2.05, 4.69) is 59.0 Å². The summed E-state index contributed by atoms with van der Waals surface area (Å²) in [5, 5.41) is 3.35. The van der Waals surface area contributed by atoms with Crippen molar-refractivity contribution in [2.75, 3.05) is 26.7 Å². The number of hydrogen-bond acceptors (Lipinski definition) is 1. The molecule has 2 rings (SSSR count). The van der Waals surface area contributed by atoms with Gasteiger partial charge >= 0.3 is 0 Å². The van der Waals surface area contributed by atoms with Gasteiger partial charge in [-0.25, -0.2) is 0 Å². The second-order valence-corrected chi connectivity index (χ2v) is 5.64. The summed E-state index contributed by atoms with van der Waals surface area (Å²) < 4.78 is 0. The summed E-state index contributed by atoms with van der Waals surface area (Å²) in [6.07, 6.45) is 4.27. The lowest BCUT2D eigenvalue weighted by Crippen LogP contribution is -2.48. The fraction of sp³-hybridized carbons (Fsp3) is 0.500. The summed E-state index contributed by atoms with van der Waals surface area (Å²) in [4.78, 5) is 6.79. The molecule has 0 amide bonds. The maximum atomic E-state index is 4.40. The number of likely N-dealkylation sites (tertiary alicyclic amines) is 1. The van der Waals surface area contributed by atoms with E-state index >= 15 is 0 Å². The van der Waals surface area contributed by atoms with Gasteiger partial charge in [-0.2, -0.15) is 0 Å². The zero-order valence-corrected chi connectivity index (χ0v) is 13.3. The largest absolute Gasteiger partial charge is 0.353 e. The van der Waals surface area contributed by atoms with E-state index in [0.29, 0.717) is 11.8 Å². The van der Waals surface area contributed by atoms with Crippen molar-refractivity contribution in [2.24, 2.45) is 10.9 Å². The van der Waals surface area contributed by atoms with Gasteiger partial charge in [0.05, 0.1) is 0 Å². The van der Waals surface area contributed by atoms with E-state index in [1.165, 1.54) is 18.4 Å². The van der Waals surface area contributed by atoms with Crippen LogP contribution < -0.4 is 5.32 Å². The van der Waals surface area contributed by atoms with Crippen LogP contribution in [-0.4, -0.2) is 37.5 Å². The summed E-state index contributed by atoms with van der Waals surface area (Å²) in [5.41, 5.74) is 1.48. The number of hydrogen-bond donors (Lipinski definition) is 1. The fourth-order valence-corrected chi connectivity index (χ4v) is 3.27. The molecule has 1 aliphatic heterocycles. The molecule has 21 heavy (non-hydrogen) atoms. The minimum atomic E-state index is 0.671. The van der Waals surface area contributed by atoms with Crippen molar-refractivity contribution in [3.63, 3.8) is 0 Å². The molecule has 0 radical (unpaired) electrons. The minimum absolute atomic E-state index is 0.671. The monoisotopic (exact) mass is 285 g/mol. The molecule has 1 aromatic rings. The van der Waals surface area contributed by atoms with E-state index in [-0.39, 0.29) is 0 Å². The topological polar surface area (TPSA) is 27.6 Å². The lowest BCUT2D eigenvalue weighted by atomic mass is 9.79. The molecule has 114 valence electrons. The third-order valence-electron chi connectivity index (χ3n) is 4.40. The molecule has 0 aromatic heterocycles. The first kappa shape index (κ1) is 15.6. The number of benzene rings is 1. The maximum absolute atomic E-state index is 4.40. The molecular formula is C18H27N3. The van der Waals surface area contributed by atoms with E-state index in [9.17, 15) is 0 Å². The average molecular weight is 285 g/mol. The second-order valence-electron chi connectivity index (χ2n) is 5.64. The number of guanidine groups is 1. The van der Waals surface area contributed by atoms with Crippen LogP contribution in [0.1, 0.15) is 31.2 Å². The average Bonchev–Trinajstić information content (AvgIpc) is 2.56. The summed E-state index contributed by atoms with van der Waals surface area (Å²) in [5.74, 6) is 2.35. The number of nitrogens with one attached hydrogen (secondary N) is 1. The Kier molecular flexibility index (Phi) is 5.85. The standard InChI is InChI=1S/C18H27N3/c1-4-12-20-18(19-3)21-13-11-17(15(5-2)14-21)16-9-7-6-8-10-16/h4,6-10,15,17H,1,5,11-14H2,2-3H3,(H,19,20). The Morgan fingerprint density at radius 1 is 1.43 bits per heavy atom. The highest BCUT2D eigenvalue weighted by Gasteiger charge is 2.30. The Labute approximate surface area is 128 Å². The quantitative estimate of drug-likeness (QED) is 0.522. The van der Waals surface area contributed by atoms with Crippen molar-refractivity contribution in [1.82, 2.24) is 10.2 Å². The highest BCUT2D eigenvalue weighted by molar-refractivity contribution is 5.80. The predicted molar refractivity (Wildman–Crippen MR) is 90.7 cm³/mol. The molecule has 0 spiro atoms. The van der Waals surface area contributed by atoms with Gasteiger partial charge in [-0.3, -0.25) is 4.99 Å². The molecule has 1 fully saturated rings. The first-order chi connectivity index (χ1) is 10.3. The Balaban J connectivity index is 2.06. The Hall–Kier alpha value is -1.77. The molecule has 1 aliphatic rings. The van der Waals surface area contributed by atoms with Crippen molar-refractivity contribution < 1.29 is 0 Å². The number of nitrogens with zero attached hydrogens (tertiary/aromatic N) is 2.